The summed E-state index contributed by atoms with van der Waals surface area (Å²) in [4.78, 5) is 5.10. The zero-order valence-corrected chi connectivity index (χ0v) is 19.8. The predicted molar refractivity (Wildman–Crippen MR) is 126 cm³/mol. The van der Waals surface area contributed by atoms with Gasteiger partial charge in [0.05, 0.1) is 0 Å². The summed E-state index contributed by atoms with van der Waals surface area (Å²) in [5.41, 5.74) is 3.72. The van der Waals surface area contributed by atoms with Crippen LogP contribution in [0.1, 0.15) is 38.6 Å². The van der Waals surface area contributed by atoms with E-state index < -0.39 is 0 Å². The van der Waals surface area contributed by atoms with Gasteiger partial charge in [0.1, 0.15) is 0 Å². The maximum absolute atomic E-state index is 6.05. The number of aryl methyl sites for hydroxylation is 1. The van der Waals surface area contributed by atoms with Crippen LogP contribution in [0.15, 0.2) is 40.3 Å². The average Bonchev–Trinajstić information content (AvgIpc) is 3.20. The molecular weight excluding hydrogens is 384 g/mol. The fraction of sp³-hybridized carbons (Fsp3) is 0.615. The highest BCUT2D eigenvalue weighted by Crippen LogP contribution is 2.39. The fourth-order valence-electron chi connectivity index (χ4n) is 5.17. The van der Waals surface area contributed by atoms with E-state index in [2.05, 4.69) is 85.1 Å². The molecule has 4 rings (SSSR count). The van der Waals surface area contributed by atoms with Crippen molar-refractivity contribution < 1.29 is 4.42 Å². The van der Waals surface area contributed by atoms with Crippen molar-refractivity contribution in [1.82, 2.24) is 20.0 Å². The lowest BCUT2D eigenvalue weighted by Crippen LogP contribution is -2.47. The monoisotopic (exact) mass is 422 g/mol. The first kappa shape index (κ1) is 22.2. The van der Waals surface area contributed by atoms with Gasteiger partial charge in [0, 0.05) is 44.7 Å². The Morgan fingerprint density at radius 3 is 2.42 bits per heavy atom. The molecule has 5 nitrogen and oxygen atoms in total. The van der Waals surface area contributed by atoms with Gasteiger partial charge in [-0.1, -0.05) is 43.2 Å². The molecule has 2 aromatic rings. The predicted octanol–water partition coefficient (Wildman–Crippen LogP) is 4.69. The normalized spacial score (nSPS) is 25.7. The topological polar surface area (TPSA) is 45.4 Å². The van der Waals surface area contributed by atoms with Gasteiger partial charge in [0.2, 0.25) is 11.8 Å². The third kappa shape index (κ3) is 5.45. The summed E-state index contributed by atoms with van der Waals surface area (Å²) in [5, 5.41) is 8.69. The number of likely N-dealkylation sites (N-methyl/N-ethyl adjacent to an activating group) is 1. The minimum Gasteiger partial charge on any atom is -0.421 e. The molecule has 1 aliphatic carbocycles. The van der Waals surface area contributed by atoms with Crippen molar-refractivity contribution in [3.8, 4) is 11.5 Å². The largest absolute Gasteiger partial charge is 0.421 e. The van der Waals surface area contributed by atoms with E-state index in [1.165, 1.54) is 50.3 Å². The summed E-state index contributed by atoms with van der Waals surface area (Å²) in [5.74, 6) is 3.89. The highest BCUT2D eigenvalue weighted by atomic mass is 16.4. The molecule has 0 amide bonds. The van der Waals surface area contributed by atoms with Crippen LogP contribution in [0.25, 0.3) is 11.5 Å². The van der Waals surface area contributed by atoms with E-state index >= 15 is 0 Å². The van der Waals surface area contributed by atoms with Gasteiger partial charge < -0.3 is 14.2 Å². The van der Waals surface area contributed by atoms with Crippen molar-refractivity contribution in [2.24, 2.45) is 23.7 Å². The van der Waals surface area contributed by atoms with Crippen LogP contribution in [0.5, 0.6) is 0 Å². The number of aromatic nitrogens is 2. The van der Waals surface area contributed by atoms with E-state index in [9.17, 15) is 0 Å². The van der Waals surface area contributed by atoms with Crippen LogP contribution in [0.4, 0.5) is 0 Å². The first-order valence-corrected chi connectivity index (χ1v) is 11.9. The van der Waals surface area contributed by atoms with Crippen LogP contribution in [0, 0.1) is 30.6 Å². The highest BCUT2D eigenvalue weighted by molar-refractivity contribution is 5.52. The minimum absolute atomic E-state index is 0.488. The Morgan fingerprint density at radius 1 is 1.03 bits per heavy atom. The fourth-order valence-corrected chi connectivity index (χ4v) is 5.17. The van der Waals surface area contributed by atoms with Gasteiger partial charge in [-0.05, 0) is 63.1 Å². The van der Waals surface area contributed by atoms with E-state index in [1.54, 1.807) is 0 Å². The minimum atomic E-state index is 0.488. The molecule has 2 heterocycles. The summed E-state index contributed by atoms with van der Waals surface area (Å²) >= 11 is 0. The second kappa shape index (κ2) is 9.66. The number of hydrogen-bond acceptors (Lipinski definition) is 5. The molecule has 168 valence electrons. The van der Waals surface area contributed by atoms with E-state index in [-0.39, 0.29) is 0 Å². The molecule has 1 aromatic heterocycles. The van der Waals surface area contributed by atoms with Crippen LogP contribution in [0.2, 0.25) is 0 Å². The van der Waals surface area contributed by atoms with Crippen molar-refractivity contribution in [3.63, 3.8) is 0 Å². The maximum Gasteiger partial charge on any atom is 0.247 e. The van der Waals surface area contributed by atoms with Gasteiger partial charge in [-0.25, -0.2) is 0 Å². The first-order valence-electron chi connectivity index (χ1n) is 11.9. The van der Waals surface area contributed by atoms with Gasteiger partial charge in [0.25, 0.3) is 0 Å². The molecule has 0 saturated carbocycles. The van der Waals surface area contributed by atoms with Crippen molar-refractivity contribution in [2.45, 2.75) is 40.5 Å². The smallest absolute Gasteiger partial charge is 0.247 e. The second-order valence-corrected chi connectivity index (χ2v) is 10.1. The van der Waals surface area contributed by atoms with Crippen molar-refractivity contribution >= 4 is 0 Å². The van der Waals surface area contributed by atoms with E-state index in [4.69, 9.17) is 4.42 Å². The van der Waals surface area contributed by atoms with Crippen molar-refractivity contribution in [3.05, 3.63) is 47.4 Å². The number of rotatable bonds is 6. The van der Waals surface area contributed by atoms with Gasteiger partial charge in [-0.15, -0.1) is 10.2 Å². The van der Waals surface area contributed by atoms with E-state index in [1.807, 2.05) is 0 Å². The summed E-state index contributed by atoms with van der Waals surface area (Å²) in [6, 6.07) is 8.27. The van der Waals surface area contributed by atoms with Crippen molar-refractivity contribution in [2.75, 3.05) is 39.8 Å². The molecule has 1 aliphatic heterocycles. The summed E-state index contributed by atoms with van der Waals surface area (Å²) in [6.07, 6.45) is 4.61. The zero-order chi connectivity index (χ0) is 22.0. The number of hydrogen-bond donors (Lipinski definition) is 0. The Bertz CT molecular complexity index is 877. The number of piperazine rings is 1. The van der Waals surface area contributed by atoms with Crippen LogP contribution >= 0.6 is 0 Å². The SMILES string of the molecule is CC1=C[C@@H](CN2CCN(C)CC2)[C@H](C(C)C)C[C@H]1Cc1nnc(-c2ccc(C)cc2)o1. The van der Waals surface area contributed by atoms with E-state index in [0.717, 1.165) is 17.9 Å². The lowest BCUT2D eigenvalue weighted by molar-refractivity contribution is 0.112. The molecule has 1 fully saturated rings. The molecule has 0 unspecified atom stereocenters. The van der Waals surface area contributed by atoms with Gasteiger partial charge in [-0.3, -0.25) is 0 Å². The third-order valence-electron chi connectivity index (χ3n) is 7.34. The maximum atomic E-state index is 6.05. The molecule has 0 N–H and O–H groups in total. The van der Waals surface area contributed by atoms with Crippen LogP contribution in [0.3, 0.4) is 0 Å². The Morgan fingerprint density at radius 2 is 1.74 bits per heavy atom. The highest BCUT2D eigenvalue weighted by Gasteiger charge is 2.33. The quantitative estimate of drug-likeness (QED) is 0.632. The Hall–Kier alpha value is -1.98. The molecule has 2 aliphatic rings. The summed E-state index contributed by atoms with van der Waals surface area (Å²) in [7, 11) is 2.23. The van der Waals surface area contributed by atoms with E-state index in [0.29, 0.717) is 29.6 Å². The Labute approximate surface area is 187 Å². The average molecular weight is 423 g/mol. The first-order chi connectivity index (χ1) is 14.9. The molecule has 5 heteroatoms. The Balaban J connectivity index is 1.44. The molecule has 1 aromatic carbocycles. The number of nitrogens with zero attached hydrogens (tertiary/aromatic N) is 4. The Kier molecular flexibility index (Phi) is 6.92. The van der Waals surface area contributed by atoms with Gasteiger partial charge in [0.15, 0.2) is 0 Å². The van der Waals surface area contributed by atoms with Crippen LogP contribution in [-0.2, 0) is 6.42 Å². The lowest BCUT2D eigenvalue weighted by atomic mass is 9.69. The number of allylic oxidation sites excluding steroid dienone is 1. The molecule has 0 bridgehead atoms. The summed E-state index contributed by atoms with van der Waals surface area (Å²) < 4.78 is 6.05. The molecular formula is C26H38N4O. The molecule has 1 saturated heterocycles. The van der Waals surface area contributed by atoms with Crippen LogP contribution in [-0.4, -0.2) is 59.8 Å². The van der Waals surface area contributed by atoms with Crippen LogP contribution < -0.4 is 0 Å². The van der Waals surface area contributed by atoms with Gasteiger partial charge in [-0.2, -0.15) is 0 Å². The standard InChI is InChI=1S/C26H38N4O/c1-18(2)24-15-22(20(4)14-23(24)17-30-12-10-29(5)11-13-30)16-25-27-28-26(31-25)21-8-6-19(3)7-9-21/h6-9,14,18,22-24H,10-13,15-17H2,1-5H3/t22-,23-,24-/m0/s1. The zero-order valence-electron chi connectivity index (χ0n) is 19.8. The molecule has 0 radical (unpaired) electrons. The lowest BCUT2D eigenvalue weighted by Gasteiger charge is -2.41. The second-order valence-electron chi connectivity index (χ2n) is 10.1. The number of benzene rings is 1. The molecule has 3 atom stereocenters. The molecule has 31 heavy (non-hydrogen) atoms. The van der Waals surface area contributed by atoms with Crippen molar-refractivity contribution in [1.29, 1.82) is 0 Å². The summed E-state index contributed by atoms with van der Waals surface area (Å²) in [6.45, 7) is 15.1. The molecule has 0 spiro atoms. The van der Waals surface area contributed by atoms with Gasteiger partial charge >= 0.3 is 0 Å². The third-order valence-corrected chi connectivity index (χ3v) is 7.34.